The molecule has 2 heteroatoms. The first kappa shape index (κ1) is 15.6. The van der Waals surface area contributed by atoms with Crippen molar-refractivity contribution in [1.82, 2.24) is 5.32 Å². The maximum atomic E-state index is 5.34. The Morgan fingerprint density at radius 2 is 1.76 bits per heavy atom. The van der Waals surface area contributed by atoms with Gasteiger partial charge in [-0.2, -0.15) is 0 Å². The molecule has 1 N–H and O–H groups in total. The van der Waals surface area contributed by atoms with Crippen LogP contribution in [0.15, 0.2) is 36.4 Å². The topological polar surface area (TPSA) is 21.3 Å². The number of hydrogen-bond acceptors (Lipinski definition) is 2. The number of rotatable bonds is 5. The molecule has 0 atom stereocenters. The molecule has 0 aliphatic heterocycles. The van der Waals surface area contributed by atoms with E-state index in [9.17, 15) is 0 Å². The van der Waals surface area contributed by atoms with Gasteiger partial charge in [-0.05, 0) is 59.9 Å². The zero-order valence-electron chi connectivity index (χ0n) is 13.7. The smallest absolute Gasteiger partial charge is 0.121 e. The van der Waals surface area contributed by atoms with E-state index in [1.807, 2.05) is 6.07 Å². The summed E-state index contributed by atoms with van der Waals surface area (Å²) in [7, 11) is 1.71. The van der Waals surface area contributed by atoms with Crippen molar-refractivity contribution in [3.8, 4) is 16.9 Å². The molecule has 0 amide bonds. The molecule has 2 aromatic carbocycles. The number of nitrogens with one attached hydrogen (secondary N) is 1. The van der Waals surface area contributed by atoms with Gasteiger partial charge in [0.2, 0.25) is 0 Å². The lowest BCUT2D eigenvalue weighted by Crippen LogP contribution is -2.21. The van der Waals surface area contributed by atoms with Gasteiger partial charge in [0.25, 0.3) is 0 Å². The number of aryl methyl sites for hydroxylation is 2. The molecule has 0 heterocycles. The average molecular weight is 283 g/mol. The molecule has 112 valence electrons. The first-order valence-corrected chi connectivity index (χ1v) is 7.49. The molecule has 2 nitrogen and oxygen atoms in total. The maximum Gasteiger partial charge on any atom is 0.121 e. The zero-order valence-corrected chi connectivity index (χ0v) is 13.7. The van der Waals surface area contributed by atoms with Crippen molar-refractivity contribution in [3.05, 3.63) is 53.1 Å². The van der Waals surface area contributed by atoms with E-state index < -0.39 is 0 Å². The van der Waals surface area contributed by atoms with Crippen LogP contribution >= 0.6 is 0 Å². The molecule has 0 unspecified atom stereocenters. The fraction of sp³-hybridized carbons (Fsp3) is 0.368. The third-order valence-electron chi connectivity index (χ3n) is 3.72. The summed E-state index contributed by atoms with van der Waals surface area (Å²) >= 11 is 0. The third-order valence-corrected chi connectivity index (χ3v) is 3.72. The van der Waals surface area contributed by atoms with Crippen LogP contribution in [-0.2, 0) is 6.54 Å². The largest absolute Gasteiger partial charge is 0.496 e. The number of benzene rings is 2. The van der Waals surface area contributed by atoms with Crippen LogP contribution in [0.5, 0.6) is 5.75 Å². The van der Waals surface area contributed by atoms with Gasteiger partial charge in [-0.1, -0.05) is 32.0 Å². The van der Waals surface area contributed by atoms with Crippen molar-refractivity contribution in [2.24, 2.45) is 0 Å². The quantitative estimate of drug-likeness (QED) is 0.873. The molecular weight excluding hydrogens is 258 g/mol. The van der Waals surface area contributed by atoms with Gasteiger partial charge in [-0.15, -0.1) is 0 Å². The lowest BCUT2D eigenvalue weighted by Gasteiger charge is -2.13. The third kappa shape index (κ3) is 3.85. The molecule has 0 saturated heterocycles. The van der Waals surface area contributed by atoms with Crippen LogP contribution in [0.4, 0.5) is 0 Å². The molecule has 0 saturated carbocycles. The van der Waals surface area contributed by atoms with Gasteiger partial charge >= 0.3 is 0 Å². The van der Waals surface area contributed by atoms with Crippen molar-refractivity contribution < 1.29 is 4.74 Å². The lowest BCUT2D eigenvalue weighted by molar-refractivity contribution is 0.412. The highest BCUT2D eigenvalue weighted by Gasteiger charge is 2.06. The lowest BCUT2D eigenvalue weighted by atomic mass is 9.96. The van der Waals surface area contributed by atoms with Crippen LogP contribution in [0, 0.1) is 13.8 Å². The molecule has 2 rings (SSSR count). The monoisotopic (exact) mass is 283 g/mol. The highest BCUT2D eigenvalue weighted by Crippen LogP contribution is 2.29. The van der Waals surface area contributed by atoms with E-state index in [1.165, 1.54) is 27.8 Å². The van der Waals surface area contributed by atoms with Gasteiger partial charge in [-0.3, -0.25) is 0 Å². The summed E-state index contributed by atoms with van der Waals surface area (Å²) in [4.78, 5) is 0. The Kier molecular flexibility index (Phi) is 5.03. The Morgan fingerprint density at radius 3 is 2.38 bits per heavy atom. The standard InChI is InChI=1S/C19H25NO/c1-13(2)20-12-16-7-6-14(3)18(11-16)17-8-9-19(21-5)15(4)10-17/h6-11,13,20H,12H2,1-5H3. The van der Waals surface area contributed by atoms with Crippen molar-refractivity contribution in [2.45, 2.75) is 40.3 Å². The highest BCUT2D eigenvalue weighted by molar-refractivity contribution is 5.69. The summed E-state index contributed by atoms with van der Waals surface area (Å²) < 4.78 is 5.34. The van der Waals surface area contributed by atoms with Crippen molar-refractivity contribution in [3.63, 3.8) is 0 Å². The summed E-state index contributed by atoms with van der Waals surface area (Å²) in [6.07, 6.45) is 0. The predicted octanol–water partition coefficient (Wildman–Crippen LogP) is 4.48. The van der Waals surface area contributed by atoms with Gasteiger partial charge in [0.1, 0.15) is 5.75 Å². The fourth-order valence-corrected chi connectivity index (χ4v) is 2.46. The van der Waals surface area contributed by atoms with Crippen LogP contribution in [-0.4, -0.2) is 13.2 Å². The van der Waals surface area contributed by atoms with Crippen molar-refractivity contribution in [2.75, 3.05) is 7.11 Å². The Balaban J connectivity index is 2.34. The van der Waals surface area contributed by atoms with Crippen molar-refractivity contribution in [1.29, 1.82) is 0 Å². The van der Waals surface area contributed by atoms with Crippen LogP contribution in [0.25, 0.3) is 11.1 Å². The van der Waals surface area contributed by atoms with Gasteiger partial charge < -0.3 is 10.1 Å². The van der Waals surface area contributed by atoms with Crippen LogP contribution < -0.4 is 10.1 Å². The molecule has 0 spiro atoms. The van der Waals surface area contributed by atoms with Crippen molar-refractivity contribution >= 4 is 0 Å². The summed E-state index contributed by atoms with van der Waals surface area (Å²) in [6, 6.07) is 13.6. The molecule has 0 bridgehead atoms. The van der Waals surface area contributed by atoms with E-state index in [-0.39, 0.29) is 0 Å². The maximum absolute atomic E-state index is 5.34. The van der Waals surface area contributed by atoms with Gasteiger partial charge in [0.15, 0.2) is 0 Å². The molecule has 21 heavy (non-hydrogen) atoms. The molecule has 0 aromatic heterocycles. The molecule has 0 aliphatic carbocycles. The van der Waals surface area contributed by atoms with E-state index in [4.69, 9.17) is 4.74 Å². The summed E-state index contributed by atoms with van der Waals surface area (Å²) in [5.74, 6) is 0.939. The Labute approximate surface area is 128 Å². The van der Waals surface area contributed by atoms with Gasteiger partial charge in [-0.25, -0.2) is 0 Å². The Morgan fingerprint density at radius 1 is 1.00 bits per heavy atom. The zero-order chi connectivity index (χ0) is 15.4. The number of hydrogen-bond donors (Lipinski definition) is 1. The van der Waals surface area contributed by atoms with E-state index in [2.05, 4.69) is 63.3 Å². The number of methoxy groups -OCH3 is 1. The van der Waals surface area contributed by atoms with Gasteiger partial charge in [0.05, 0.1) is 7.11 Å². The minimum Gasteiger partial charge on any atom is -0.496 e. The Hall–Kier alpha value is -1.80. The van der Waals surface area contributed by atoms with E-state index in [1.54, 1.807) is 7.11 Å². The van der Waals surface area contributed by atoms with E-state index in [0.29, 0.717) is 6.04 Å². The average Bonchev–Trinajstić information content (AvgIpc) is 2.46. The van der Waals surface area contributed by atoms with E-state index >= 15 is 0 Å². The first-order chi connectivity index (χ1) is 10.0. The second-order valence-corrected chi connectivity index (χ2v) is 5.87. The van der Waals surface area contributed by atoms with E-state index in [0.717, 1.165) is 12.3 Å². The predicted molar refractivity (Wildman–Crippen MR) is 89.9 cm³/mol. The molecule has 0 radical (unpaired) electrons. The van der Waals surface area contributed by atoms with Crippen LogP contribution in [0.2, 0.25) is 0 Å². The van der Waals surface area contributed by atoms with Crippen LogP contribution in [0.1, 0.15) is 30.5 Å². The molecule has 0 aliphatic rings. The second-order valence-electron chi connectivity index (χ2n) is 5.87. The van der Waals surface area contributed by atoms with Gasteiger partial charge in [0, 0.05) is 12.6 Å². The van der Waals surface area contributed by atoms with Crippen LogP contribution in [0.3, 0.4) is 0 Å². The number of ether oxygens (including phenoxy) is 1. The Bertz CT molecular complexity index is 617. The fourth-order valence-electron chi connectivity index (χ4n) is 2.46. The second kappa shape index (κ2) is 6.77. The first-order valence-electron chi connectivity index (χ1n) is 7.49. The normalized spacial score (nSPS) is 11.0. The highest BCUT2D eigenvalue weighted by atomic mass is 16.5. The summed E-state index contributed by atoms with van der Waals surface area (Å²) in [6.45, 7) is 9.49. The SMILES string of the molecule is COc1ccc(-c2cc(CNC(C)C)ccc2C)cc1C. The minimum absolute atomic E-state index is 0.498. The minimum atomic E-state index is 0.498. The molecule has 0 fully saturated rings. The molecule has 2 aromatic rings. The summed E-state index contributed by atoms with van der Waals surface area (Å²) in [5.41, 5.74) is 6.33. The molecular formula is C19H25NO. The summed E-state index contributed by atoms with van der Waals surface area (Å²) in [5, 5.41) is 3.47.